The summed E-state index contributed by atoms with van der Waals surface area (Å²) in [5.41, 5.74) is 1.44. The summed E-state index contributed by atoms with van der Waals surface area (Å²) in [7, 11) is 0. The zero-order valence-corrected chi connectivity index (χ0v) is 24.7. The van der Waals surface area contributed by atoms with E-state index in [1.165, 1.54) is 105 Å². The third kappa shape index (κ3) is 10.5. The summed E-state index contributed by atoms with van der Waals surface area (Å²) in [6.07, 6.45) is 25.7. The molecule has 0 aliphatic heterocycles. The van der Waals surface area contributed by atoms with Gasteiger partial charge >= 0.3 is 5.97 Å². The predicted octanol–water partition coefficient (Wildman–Crippen LogP) is 7.20. The van der Waals surface area contributed by atoms with Crippen LogP contribution < -0.4 is 5.56 Å². The molecule has 0 fully saturated rings. The van der Waals surface area contributed by atoms with Crippen molar-refractivity contribution in [2.75, 3.05) is 0 Å². The third-order valence-corrected chi connectivity index (χ3v) is 7.53. The van der Waals surface area contributed by atoms with Crippen molar-refractivity contribution >= 4 is 11.6 Å². The molecule has 0 aliphatic carbocycles. The highest BCUT2D eigenvalue weighted by Gasteiger charge is 2.16. The van der Waals surface area contributed by atoms with Crippen LogP contribution in [-0.4, -0.2) is 35.6 Å². The quantitative estimate of drug-likeness (QED) is 0.102. The third-order valence-electron chi connectivity index (χ3n) is 7.53. The molecule has 0 radical (unpaired) electrons. The average Bonchev–Trinajstić information content (AvgIpc) is 3.42. The highest BCUT2D eigenvalue weighted by molar-refractivity contribution is 5.69. The number of aromatic nitrogens is 6. The van der Waals surface area contributed by atoms with Crippen LogP contribution in [-0.2, 0) is 16.3 Å². The Morgan fingerprint density at radius 1 is 0.850 bits per heavy atom. The van der Waals surface area contributed by atoms with Crippen molar-refractivity contribution in [2.24, 2.45) is 0 Å². The highest BCUT2D eigenvalue weighted by Crippen LogP contribution is 2.15. The van der Waals surface area contributed by atoms with Crippen LogP contribution in [0.1, 0.15) is 128 Å². The Balaban J connectivity index is 1.22. The molecule has 9 heteroatoms. The zero-order chi connectivity index (χ0) is 28.4. The number of aryl methyl sites for hydroxylation is 1. The molecule has 0 aliphatic rings. The number of unbranched alkanes of at least 4 members (excludes halogenated alkanes) is 16. The van der Waals surface area contributed by atoms with Crippen molar-refractivity contribution in [3.05, 3.63) is 40.4 Å². The second-order valence-corrected chi connectivity index (χ2v) is 10.9. The predicted molar refractivity (Wildman–Crippen MR) is 158 cm³/mol. The summed E-state index contributed by atoms with van der Waals surface area (Å²) in [5.74, 6) is -0.0644. The molecule has 0 aromatic carbocycles. The van der Waals surface area contributed by atoms with Gasteiger partial charge in [0.2, 0.25) is 0 Å². The molecule has 3 aromatic rings. The number of hydrogen-bond acceptors (Lipinski definition) is 7. The Labute approximate surface area is 238 Å². The summed E-state index contributed by atoms with van der Waals surface area (Å²) >= 11 is 0. The molecule has 3 rings (SSSR count). The van der Waals surface area contributed by atoms with Crippen molar-refractivity contribution < 1.29 is 9.53 Å². The second-order valence-electron chi connectivity index (χ2n) is 10.9. The number of ether oxygens (including phenoxy) is 1. The number of nitrogens with zero attached hydrogens (tertiary/aromatic N) is 6. The van der Waals surface area contributed by atoms with E-state index in [1.54, 1.807) is 12.3 Å². The number of fused-ring (bicyclic) bond motifs is 1. The lowest BCUT2D eigenvalue weighted by atomic mass is 10.0. The van der Waals surface area contributed by atoms with E-state index in [9.17, 15) is 9.59 Å². The molecule has 0 spiro atoms. The fourth-order valence-electron chi connectivity index (χ4n) is 5.08. The van der Waals surface area contributed by atoms with Gasteiger partial charge in [0.15, 0.2) is 12.6 Å². The van der Waals surface area contributed by atoms with Crippen LogP contribution in [0, 0.1) is 6.92 Å². The number of hydrogen-bond donors (Lipinski definition) is 0. The van der Waals surface area contributed by atoms with Crippen molar-refractivity contribution in [2.45, 2.75) is 136 Å². The van der Waals surface area contributed by atoms with Crippen LogP contribution in [0.3, 0.4) is 0 Å². The number of pyridine rings is 1. The van der Waals surface area contributed by atoms with Gasteiger partial charge in [-0.1, -0.05) is 116 Å². The average molecular weight is 553 g/mol. The van der Waals surface area contributed by atoms with E-state index in [0.29, 0.717) is 12.1 Å². The maximum atomic E-state index is 13.0. The maximum Gasteiger partial charge on any atom is 0.307 e. The fourth-order valence-corrected chi connectivity index (χ4v) is 5.08. The van der Waals surface area contributed by atoms with Crippen LogP contribution in [0.5, 0.6) is 0 Å². The minimum Gasteiger partial charge on any atom is -0.442 e. The van der Waals surface area contributed by atoms with Gasteiger partial charge in [0.25, 0.3) is 5.56 Å². The topological polar surface area (TPSA) is 104 Å². The standard InChI is InChI=1S/C31H48N6O3/c1-3-4-5-6-7-8-9-10-11-12-13-14-15-16-17-18-19-22-28(38)40-25-37-30(33-34-35-37)27-24-32-29-26(2)21-20-23-36(29)31(27)39/h20-21,23-24H,3-19,22,25H2,1-2H3. The van der Waals surface area contributed by atoms with Gasteiger partial charge in [-0.2, -0.15) is 4.68 Å². The molecule has 3 heterocycles. The first kappa shape index (κ1) is 31.4. The lowest BCUT2D eigenvalue weighted by Gasteiger charge is -2.08. The van der Waals surface area contributed by atoms with Gasteiger partial charge < -0.3 is 4.74 Å². The van der Waals surface area contributed by atoms with E-state index in [-0.39, 0.29) is 29.6 Å². The Morgan fingerprint density at radius 3 is 2.02 bits per heavy atom. The van der Waals surface area contributed by atoms with Crippen LogP contribution >= 0.6 is 0 Å². The van der Waals surface area contributed by atoms with E-state index >= 15 is 0 Å². The molecule has 40 heavy (non-hydrogen) atoms. The van der Waals surface area contributed by atoms with E-state index in [1.807, 2.05) is 13.0 Å². The maximum absolute atomic E-state index is 13.0. The lowest BCUT2D eigenvalue weighted by molar-refractivity contribution is -0.148. The molecule has 0 saturated heterocycles. The first-order chi connectivity index (χ1) is 19.6. The molecule has 0 atom stereocenters. The Bertz CT molecular complexity index is 1210. The van der Waals surface area contributed by atoms with Gasteiger partial charge in [-0.05, 0) is 35.4 Å². The fraction of sp³-hybridized carbons (Fsp3) is 0.677. The lowest BCUT2D eigenvalue weighted by Crippen LogP contribution is -2.20. The minimum atomic E-state index is -0.286. The molecule has 0 N–H and O–H groups in total. The SMILES string of the molecule is CCCCCCCCCCCCCCCCCCCC(=O)OCn1nnnc1-c1cnc2c(C)cccn2c1=O. The summed E-state index contributed by atoms with van der Waals surface area (Å²) in [6, 6.07) is 3.68. The molecule has 220 valence electrons. The monoisotopic (exact) mass is 552 g/mol. The van der Waals surface area contributed by atoms with Gasteiger partial charge in [-0.25, -0.2) is 4.98 Å². The molecule has 9 nitrogen and oxygen atoms in total. The van der Waals surface area contributed by atoms with E-state index < -0.39 is 0 Å². The number of rotatable bonds is 21. The number of carbonyl (C=O) groups excluding carboxylic acids is 1. The first-order valence-electron chi connectivity index (χ1n) is 15.5. The van der Waals surface area contributed by atoms with Crippen molar-refractivity contribution in [1.29, 1.82) is 0 Å². The molecule has 0 saturated carbocycles. The number of carbonyl (C=O) groups is 1. The normalized spacial score (nSPS) is 11.3. The summed E-state index contributed by atoms with van der Waals surface area (Å²) in [4.78, 5) is 29.6. The molecular formula is C31H48N6O3. The van der Waals surface area contributed by atoms with Crippen LogP contribution in [0.2, 0.25) is 0 Å². The van der Waals surface area contributed by atoms with Crippen molar-refractivity contribution in [3.63, 3.8) is 0 Å². The Kier molecular flexibility index (Phi) is 14.4. The molecular weight excluding hydrogens is 504 g/mol. The minimum absolute atomic E-state index is 0.143. The van der Waals surface area contributed by atoms with Gasteiger partial charge in [-0.15, -0.1) is 5.10 Å². The first-order valence-corrected chi connectivity index (χ1v) is 15.5. The van der Waals surface area contributed by atoms with Gasteiger partial charge in [0.05, 0.1) is 0 Å². The number of esters is 1. The zero-order valence-electron chi connectivity index (χ0n) is 24.7. The highest BCUT2D eigenvalue weighted by atomic mass is 16.5. The van der Waals surface area contributed by atoms with E-state index in [4.69, 9.17) is 4.74 Å². The summed E-state index contributed by atoms with van der Waals surface area (Å²) in [6.45, 7) is 4.02. The summed E-state index contributed by atoms with van der Waals surface area (Å²) < 4.78 is 8.15. The van der Waals surface area contributed by atoms with Gasteiger partial charge in [0.1, 0.15) is 11.2 Å². The molecule has 0 amide bonds. The van der Waals surface area contributed by atoms with Crippen LogP contribution in [0.4, 0.5) is 0 Å². The van der Waals surface area contributed by atoms with Crippen LogP contribution in [0.15, 0.2) is 29.3 Å². The summed E-state index contributed by atoms with van der Waals surface area (Å²) in [5, 5.41) is 11.5. The second kappa shape index (κ2) is 18.3. The molecule has 0 bridgehead atoms. The Hall–Kier alpha value is -3.10. The van der Waals surface area contributed by atoms with Gasteiger partial charge in [-0.3, -0.25) is 14.0 Å². The van der Waals surface area contributed by atoms with E-state index in [2.05, 4.69) is 27.4 Å². The van der Waals surface area contributed by atoms with Crippen LogP contribution in [0.25, 0.3) is 17.0 Å². The van der Waals surface area contributed by atoms with Gasteiger partial charge in [0, 0.05) is 18.8 Å². The largest absolute Gasteiger partial charge is 0.442 e. The van der Waals surface area contributed by atoms with Crippen molar-refractivity contribution in [1.82, 2.24) is 29.6 Å². The van der Waals surface area contributed by atoms with Crippen molar-refractivity contribution in [3.8, 4) is 11.4 Å². The smallest absolute Gasteiger partial charge is 0.307 e. The molecule has 3 aromatic heterocycles. The molecule has 0 unspecified atom stereocenters. The number of tetrazole rings is 1. The Morgan fingerprint density at radius 2 is 1.43 bits per heavy atom. The van der Waals surface area contributed by atoms with E-state index in [0.717, 1.165) is 24.8 Å².